The molecule has 4 nitrogen and oxygen atoms in total. The van der Waals surface area contributed by atoms with Crippen molar-refractivity contribution in [3.05, 3.63) is 96.1 Å². The lowest BCUT2D eigenvalue weighted by atomic mass is 9.95. The van der Waals surface area contributed by atoms with E-state index in [-0.39, 0.29) is 23.7 Å². The predicted octanol–water partition coefficient (Wildman–Crippen LogP) is 5.95. The topological polar surface area (TPSA) is 58.2 Å². The smallest absolute Gasteiger partial charge is 0.231 e. The Balaban J connectivity index is 1.77. The molecule has 154 valence electrons. The van der Waals surface area contributed by atoms with Crippen molar-refractivity contribution in [2.45, 2.75) is 38.5 Å². The van der Waals surface area contributed by atoms with Crippen LogP contribution in [0.3, 0.4) is 0 Å². The maximum absolute atomic E-state index is 13.0. The molecule has 0 aliphatic carbocycles. The maximum Gasteiger partial charge on any atom is 0.231 e. The van der Waals surface area contributed by atoms with E-state index >= 15 is 0 Å². The Hall–Kier alpha value is -3.40. The zero-order valence-electron chi connectivity index (χ0n) is 17.5. The molecule has 4 heteroatoms. The molecule has 2 N–H and O–H groups in total. The molecule has 3 rings (SSSR count). The summed E-state index contributed by atoms with van der Waals surface area (Å²) in [6.07, 6.45) is 1.38. The van der Waals surface area contributed by atoms with Crippen molar-refractivity contribution in [2.24, 2.45) is 0 Å². The second-order valence-corrected chi connectivity index (χ2v) is 7.27. The molecule has 0 radical (unpaired) electrons. The SMILES string of the molecule is CC[C@H](C(=O)Nc1ccccc1NC(=O)[C@H](CC)c1ccccc1)c1ccccc1. The molecule has 0 heterocycles. The molecule has 2 amide bonds. The molecule has 0 saturated carbocycles. The normalized spacial score (nSPS) is 12.6. The molecule has 3 aromatic rings. The van der Waals surface area contributed by atoms with E-state index < -0.39 is 0 Å². The summed E-state index contributed by atoms with van der Waals surface area (Å²) in [6, 6.07) is 26.8. The van der Waals surface area contributed by atoms with Gasteiger partial charge >= 0.3 is 0 Å². The van der Waals surface area contributed by atoms with Gasteiger partial charge < -0.3 is 10.6 Å². The third kappa shape index (κ3) is 5.15. The van der Waals surface area contributed by atoms with Gasteiger partial charge in [0, 0.05) is 0 Å². The molecule has 0 fully saturated rings. The molecule has 30 heavy (non-hydrogen) atoms. The Kier molecular flexibility index (Phi) is 7.39. The van der Waals surface area contributed by atoms with Crippen LogP contribution in [-0.4, -0.2) is 11.8 Å². The fourth-order valence-corrected chi connectivity index (χ4v) is 3.66. The molecule has 0 aliphatic rings. The number of para-hydroxylation sites is 2. The van der Waals surface area contributed by atoms with E-state index in [1.807, 2.05) is 98.8 Å². The summed E-state index contributed by atoms with van der Waals surface area (Å²) >= 11 is 0. The Bertz CT molecular complexity index is 890. The summed E-state index contributed by atoms with van der Waals surface area (Å²) in [6.45, 7) is 3.99. The van der Waals surface area contributed by atoms with E-state index in [2.05, 4.69) is 10.6 Å². The van der Waals surface area contributed by atoms with Crippen LogP contribution in [0.2, 0.25) is 0 Å². The zero-order valence-corrected chi connectivity index (χ0v) is 17.5. The summed E-state index contributed by atoms with van der Waals surface area (Å²) < 4.78 is 0. The Morgan fingerprint density at radius 3 is 1.27 bits per heavy atom. The average Bonchev–Trinajstić information content (AvgIpc) is 2.78. The lowest BCUT2D eigenvalue weighted by molar-refractivity contribution is -0.118. The zero-order chi connectivity index (χ0) is 21.3. The van der Waals surface area contributed by atoms with Crippen molar-refractivity contribution in [1.82, 2.24) is 0 Å². The van der Waals surface area contributed by atoms with Crippen LogP contribution in [0.4, 0.5) is 11.4 Å². The van der Waals surface area contributed by atoms with Crippen LogP contribution in [0.25, 0.3) is 0 Å². The van der Waals surface area contributed by atoms with Gasteiger partial charge in [-0.1, -0.05) is 86.6 Å². The van der Waals surface area contributed by atoms with E-state index in [9.17, 15) is 9.59 Å². The Labute approximate surface area is 178 Å². The number of benzene rings is 3. The molecular weight excluding hydrogens is 372 g/mol. The van der Waals surface area contributed by atoms with E-state index in [1.54, 1.807) is 0 Å². The van der Waals surface area contributed by atoms with Gasteiger partial charge in [0.05, 0.1) is 23.2 Å². The molecule has 3 aromatic carbocycles. The molecular formula is C26H28N2O2. The van der Waals surface area contributed by atoms with Crippen LogP contribution in [-0.2, 0) is 9.59 Å². The average molecular weight is 401 g/mol. The molecule has 2 atom stereocenters. The number of anilines is 2. The van der Waals surface area contributed by atoms with Gasteiger partial charge in [-0.25, -0.2) is 0 Å². The van der Waals surface area contributed by atoms with Crippen molar-refractivity contribution >= 4 is 23.2 Å². The van der Waals surface area contributed by atoms with Gasteiger partial charge in [0.25, 0.3) is 0 Å². The number of carbonyl (C=O) groups is 2. The number of amides is 2. The lowest BCUT2D eigenvalue weighted by Crippen LogP contribution is -2.24. The molecule has 0 aromatic heterocycles. The minimum atomic E-state index is -0.248. The van der Waals surface area contributed by atoms with Crippen LogP contribution in [0.15, 0.2) is 84.9 Å². The molecule has 0 saturated heterocycles. The van der Waals surface area contributed by atoms with E-state index in [0.29, 0.717) is 24.2 Å². The molecule has 0 spiro atoms. The van der Waals surface area contributed by atoms with Gasteiger partial charge in [-0.15, -0.1) is 0 Å². The molecule has 0 aliphatic heterocycles. The summed E-state index contributed by atoms with van der Waals surface area (Å²) in [5.41, 5.74) is 3.17. The highest BCUT2D eigenvalue weighted by Gasteiger charge is 2.22. The summed E-state index contributed by atoms with van der Waals surface area (Å²) in [7, 11) is 0. The van der Waals surface area contributed by atoms with Gasteiger partial charge in [-0.05, 0) is 36.1 Å². The number of carbonyl (C=O) groups excluding carboxylic acids is 2. The first-order valence-corrected chi connectivity index (χ1v) is 10.4. The number of hydrogen-bond donors (Lipinski definition) is 2. The minimum Gasteiger partial charge on any atom is -0.324 e. The number of rotatable bonds is 8. The maximum atomic E-state index is 13.0. The quantitative estimate of drug-likeness (QED) is 0.491. The van der Waals surface area contributed by atoms with Crippen LogP contribution >= 0.6 is 0 Å². The van der Waals surface area contributed by atoms with E-state index in [0.717, 1.165) is 11.1 Å². The van der Waals surface area contributed by atoms with Gasteiger partial charge in [-0.2, -0.15) is 0 Å². The third-order valence-corrected chi connectivity index (χ3v) is 5.30. The van der Waals surface area contributed by atoms with Crippen molar-refractivity contribution in [3.63, 3.8) is 0 Å². The van der Waals surface area contributed by atoms with Crippen LogP contribution in [0.1, 0.15) is 49.7 Å². The predicted molar refractivity (Wildman–Crippen MR) is 123 cm³/mol. The lowest BCUT2D eigenvalue weighted by Gasteiger charge is -2.19. The monoisotopic (exact) mass is 400 g/mol. The van der Waals surface area contributed by atoms with Crippen molar-refractivity contribution in [3.8, 4) is 0 Å². The summed E-state index contributed by atoms with van der Waals surface area (Å²) in [4.78, 5) is 25.9. The highest BCUT2D eigenvalue weighted by Crippen LogP contribution is 2.28. The fraction of sp³-hybridized carbons (Fsp3) is 0.231. The van der Waals surface area contributed by atoms with E-state index in [4.69, 9.17) is 0 Å². The van der Waals surface area contributed by atoms with Gasteiger partial charge in [0.2, 0.25) is 11.8 Å². The first-order valence-electron chi connectivity index (χ1n) is 10.4. The van der Waals surface area contributed by atoms with Crippen LogP contribution < -0.4 is 10.6 Å². The highest BCUT2D eigenvalue weighted by atomic mass is 16.2. The summed E-state index contributed by atoms with van der Waals surface area (Å²) in [5.74, 6) is -0.661. The van der Waals surface area contributed by atoms with Gasteiger partial charge in [0.15, 0.2) is 0 Å². The third-order valence-electron chi connectivity index (χ3n) is 5.30. The largest absolute Gasteiger partial charge is 0.324 e. The molecule has 0 bridgehead atoms. The Morgan fingerprint density at radius 2 is 0.933 bits per heavy atom. The second-order valence-electron chi connectivity index (χ2n) is 7.27. The molecule has 0 unspecified atom stereocenters. The van der Waals surface area contributed by atoms with Gasteiger partial charge in [-0.3, -0.25) is 9.59 Å². The summed E-state index contributed by atoms with van der Waals surface area (Å²) in [5, 5.41) is 6.02. The first kappa shape index (κ1) is 21.3. The van der Waals surface area contributed by atoms with Crippen LogP contribution in [0.5, 0.6) is 0 Å². The standard InChI is InChI=1S/C26H28N2O2/c1-3-21(19-13-7-5-8-14-19)25(29)27-23-17-11-12-18-24(23)28-26(30)22(4-2)20-15-9-6-10-16-20/h5-18,21-22H,3-4H2,1-2H3,(H,27,29)(H,28,30)/t21-,22+. The van der Waals surface area contributed by atoms with E-state index in [1.165, 1.54) is 0 Å². The van der Waals surface area contributed by atoms with Crippen molar-refractivity contribution in [1.29, 1.82) is 0 Å². The van der Waals surface area contributed by atoms with Gasteiger partial charge in [0.1, 0.15) is 0 Å². The van der Waals surface area contributed by atoms with Crippen molar-refractivity contribution < 1.29 is 9.59 Å². The number of nitrogens with one attached hydrogen (secondary N) is 2. The van der Waals surface area contributed by atoms with Crippen molar-refractivity contribution in [2.75, 3.05) is 10.6 Å². The highest BCUT2D eigenvalue weighted by molar-refractivity contribution is 6.03. The first-order chi connectivity index (χ1) is 14.6. The minimum absolute atomic E-state index is 0.0829. The second kappa shape index (κ2) is 10.4. The van der Waals surface area contributed by atoms with Crippen LogP contribution in [0, 0.1) is 0 Å². The fourth-order valence-electron chi connectivity index (χ4n) is 3.66. The Morgan fingerprint density at radius 1 is 0.600 bits per heavy atom. The number of hydrogen-bond acceptors (Lipinski definition) is 2.